The molecule has 0 aromatic heterocycles. The Bertz CT molecular complexity index is 224. The lowest BCUT2D eigenvalue weighted by atomic mass is 10.1. The molecule has 1 rings (SSSR count). The summed E-state index contributed by atoms with van der Waals surface area (Å²) in [7, 11) is 1.35. The number of hydrogen-bond donors (Lipinski definition) is 1. The molecular weight excluding hydrogens is 184 g/mol. The van der Waals surface area contributed by atoms with E-state index in [4.69, 9.17) is 0 Å². The quantitative estimate of drug-likeness (QED) is 0.612. The van der Waals surface area contributed by atoms with Crippen molar-refractivity contribution in [3.05, 3.63) is 0 Å². The number of ether oxygens (including phenoxy) is 1. The van der Waals surface area contributed by atoms with Gasteiger partial charge in [-0.05, 0) is 6.92 Å². The van der Waals surface area contributed by atoms with Gasteiger partial charge in [-0.15, -0.1) is 0 Å². The van der Waals surface area contributed by atoms with Gasteiger partial charge in [-0.25, -0.2) is 0 Å². The predicted octanol–water partition coefficient (Wildman–Crippen LogP) is -0.630. The van der Waals surface area contributed by atoms with Crippen molar-refractivity contribution in [1.82, 2.24) is 10.2 Å². The summed E-state index contributed by atoms with van der Waals surface area (Å²) in [5.41, 5.74) is 0. The maximum absolute atomic E-state index is 11.4. The first-order valence-electron chi connectivity index (χ1n) is 4.67. The highest BCUT2D eigenvalue weighted by molar-refractivity contribution is 5.85. The highest BCUT2D eigenvalue weighted by Crippen LogP contribution is 2.08. The Balaban J connectivity index is 2.59. The zero-order valence-corrected chi connectivity index (χ0v) is 8.58. The van der Waals surface area contributed by atoms with Crippen molar-refractivity contribution in [2.75, 3.05) is 26.9 Å². The Morgan fingerprint density at radius 1 is 1.57 bits per heavy atom. The summed E-state index contributed by atoms with van der Waals surface area (Å²) in [5, 5.41) is 3.11. The van der Waals surface area contributed by atoms with Crippen LogP contribution in [0.5, 0.6) is 0 Å². The van der Waals surface area contributed by atoms with E-state index >= 15 is 0 Å². The van der Waals surface area contributed by atoms with Crippen molar-refractivity contribution in [3.63, 3.8) is 0 Å². The van der Waals surface area contributed by atoms with Gasteiger partial charge in [0.25, 0.3) is 0 Å². The number of carbonyl (C=O) groups is 2. The van der Waals surface area contributed by atoms with Gasteiger partial charge in [-0.2, -0.15) is 0 Å². The average molecular weight is 200 g/mol. The third kappa shape index (κ3) is 2.78. The summed E-state index contributed by atoms with van der Waals surface area (Å²) in [6.45, 7) is 3.77. The van der Waals surface area contributed by atoms with Crippen LogP contribution in [0, 0.1) is 0 Å². The van der Waals surface area contributed by atoms with Crippen molar-refractivity contribution in [1.29, 1.82) is 0 Å². The second-order valence-corrected chi connectivity index (χ2v) is 3.42. The van der Waals surface area contributed by atoms with Gasteiger partial charge in [-0.1, -0.05) is 0 Å². The fraction of sp³-hybridized carbons (Fsp3) is 0.778. The van der Waals surface area contributed by atoms with E-state index in [-0.39, 0.29) is 18.2 Å². The molecule has 1 fully saturated rings. The molecular formula is C9H16N2O3. The van der Waals surface area contributed by atoms with Crippen molar-refractivity contribution in [2.24, 2.45) is 0 Å². The molecule has 0 amide bonds. The van der Waals surface area contributed by atoms with E-state index in [1.165, 1.54) is 14.0 Å². The monoisotopic (exact) mass is 200 g/mol. The average Bonchev–Trinajstić information content (AvgIpc) is 2.65. The molecule has 1 aliphatic rings. The number of esters is 1. The van der Waals surface area contributed by atoms with Crippen molar-refractivity contribution < 1.29 is 14.3 Å². The minimum absolute atomic E-state index is 0.00676. The largest absolute Gasteiger partial charge is 0.468 e. The van der Waals surface area contributed by atoms with Gasteiger partial charge in [0.2, 0.25) is 0 Å². The molecule has 1 unspecified atom stereocenters. The van der Waals surface area contributed by atoms with Crippen molar-refractivity contribution in [3.8, 4) is 0 Å². The van der Waals surface area contributed by atoms with Crippen LogP contribution in [0.25, 0.3) is 0 Å². The van der Waals surface area contributed by atoms with E-state index in [1.54, 1.807) is 0 Å². The lowest BCUT2D eigenvalue weighted by Gasteiger charge is -2.23. The zero-order valence-electron chi connectivity index (χ0n) is 8.58. The lowest BCUT2D eigenvalue weighted by Crippen LogP contribution is -2.42. The first-order chi connectivity index (χ1) is 6.65. The highest BCUT2D eigenvalue weighted by Gasteiger charge is 2.29. The summed E-state index contributed by atoms with van der Waals surface area (Å²) >= 11 is 0. The molecule has 0 aromatic carbocycles. The Hall–Kier alpha value is -0.940. The molecule has 1 heterocycles. The third-order valence-corrected chi connectivity index (χ3v) is 2.29. The fourth-order valence-corrected chi connectivity index (χ4v) is 1.56. The molecule has 14 heavy (non-hydrogen) atoms. The molecule has 0 saturated carbocycles. The summed E-state index contributed by atoms with van der Waals surface area (Å²) < 4.78 is 4.67. The fourth-order valence-electron chi connectivity index (χ4n) is 1.56. The number of ketones is 1. The zero-order chi connectivity index (χ0) is 10.6. The van der Waals surface area contributed by atoms with Crippen molar-refractivity contribution in [2.45, 2.75) is 19.4 Å². The van der Waals surface area contributed by atoms with Crippen LogP contribution in [0.4, 0.5) is 0 Å². The third-order valence-electron chi connectivity index (χ3n) is 2.29. The smallest absolute Gasteiger partial charge is 0.323 e. The molecule has 0 aliphatic carbocycles. The SMILES string of the molecule is COC(=O)C(CC(C)=O)N1CCNC1. The van der Waals surface area contributed by atoms with Crippen LogP contribution >= 0.6 is 0 Å². The molecule has 0 spiro atoms. The molecule has 80 valence electrons. The summed E-state index contributed by atoms with van der Waals surface area (Å²) in [6.07, 6.45) is 0.231. The summed E-state index contributed by atoms with van der Waals surface area (Å²) in [5.74, 6) is -0.323. The number of Topliss-reactive ketones (excluding diaryl/α,β-unsaturated/α-hetero) is 1. The van der Waals surface area contributed by atoms with Crippen LogP contribution in [-0.2, 0) is 14.3 Å². The van der Waals surface area contributed by atoms with E-state index in [0.717, 1.165) is 13.1 Å². The van der Waals surface area contributed by atoms with Gasteiger partial charge in [-0.3, -0.25) is 14.5 Å². The van der Waals surface area contributed by atoms with Crippen LogP contribution in [0.1, 0.15) is 13.3 Å². The number of rotatable bonds is 4. The van der Waals surface area contributed by atoms with Gasteiger partial charge in [0.15, 0.2) is 0 Å². The molecule has 1 N–H and O–H groups in total. The Morgan fingerprint density at radius 2 is 2.29 bits per heavy atom. The summed E-state index contributed by atoms with van der Waals surface area (Å²) in [4.78, 5) is 24.3. The van der Waals surface area contributed by atoms with Gasteiger partial charge < -0.3 is 10.1 Å². The first-order valence-corrected chi connectivity index (χ1v) is 4.67. The van der Waals surface area contributed by atoms with Gasteiger partial charge in [0, 0.05) is 26.2 Å². The van der Waals surface area contributed by atoms with E-state index < -0.39 is 6.04 Å². The Kier molecular flexibility index (Phi) is 4.03. The number of hydrogen-bond acceptors (Lipinski definition) is 5. The van der Waals surface area contributed by atoms with E-state index in [2.05, 4.69) is 10.1 Å². The molecule has 0 aromatic rings. The molecule has 5 nitrogen and oxygen atoms in total. The second-order valence-electron chi connectivity index (χ2n) is 3.42. The second kappa shape index (κ2) is 5.07. The minimum Gasteiger partial charge on any atom is -0.468 e. The molecule has 1 saturated heterocycles. The Morgan fingerprint density at radius 3 is 2.71 bits per heavy atom. The van der Waals surface area contributed by atoms with Crippen LogP contribution in [0.15, 0.2) is 0 Å². The van der Waals surface area contributed by atoms with Gasteiger partial charge in [0.05, 0.1) is 7.11 Å². The van der Waals surface area contributed by atoms with Crippen LogP contribution in [0.3, 0.4) is 0 Å². The maximum atomic E-state index is 11.4. The molecule has 1 aliphatic heterocycles. The van der Waals surface area contributed by atoms with Gasteiger partial charge >= 0.3 is 5.97 Å². The molecule has 5 heteroatoms. The van der Waals surface area contributed by atoms with Gasteiger partial charge in [0.1, 0.15) is 11.8 Å². The number of carbonyl (C=O) groups excluding carboxylic acids is 2. The Labute approximate surface area is 83.4 Å². The van der Waals surface area contributed by atoms with Crippen LogP contribution in [0.2, 0.25) is 0 Å². The topological polar surface area (TPSA) is 58.6 Å². The number of methoxy groups -OCH3 is 1. The highest BCUT2D eigenvalue weighted by atomic mass is 16.5. The van der Waals surface area contributed by atoms with E-state index in [0.29, 0.717) is 6.67 Å². The van der Waals surface area contributed by atoms with E-state index in [9.17, 15) is 9.59 Å². The van der Waals surface area contributed by atoms with E-state index in [1.807, 2.05) is 4.90 Å². The normalized spacial score (nSPS) is 19.3. The number of nitrogens with zero attached hydrogens (tertiary/aromatic N) is 1. The molecule has 1 atom stereocenters. The standard InChI is InChI=1S/C9H16N2O3/c1-7(12)5-8(9(13)14-2)11-4-3-10-6-11/h8,10H,3-6H2,1-2H3. The molecule has 0 radical (unpaired) electrons. The minimum atomic E-state index is -0.424. The summed E-state index contributed by atoms with van der Waals surface area (Å²) in [6, 6.07) is -0.424. The molecule has 0 bridgehead atoms. The predicted molar refractivity (Wildman–Crippen MR) is 50.7 cm³/mol. The maximum Gasteiger partial charge on any atom is 0.323 e. The van der Waals surface area contributed by atoms with Crippen LogP contribution < -0.4 is 5.32 Å². The first kappa shape index (κ1) is 11.1. The number of nitrogens with one attached hydrogen (secondary N) is 1. The van der Waals surface area contributed by atoms with Crippen molar-refractivity contribution >= 4 is 11.8 Å². The lowest BCUT2D eigenvalue weighted by molar-refractivity contribution is -0.148. The van der Waals surface area contributed by atoms with Crippen LogP contribution in [-0.4, -0.2) is 49.6 Å².